The Labute approximate surface area is 130 Å². The molecule has 22 heavy (non-hydrogen) atoms. The molecule has 0 bridgehead atoms. The summed E-state index contributed by atoms with van der Waals surface area (Å²) in [5, 5.41) is 3.39. The molecule has 0 unspecified atom stereocenters. The zero-order chi connectivity index (χ0) is 15.5. The van der Waals surface area contributed by atoms with Crippen molar-refractivity contribution in [3.63, 3.8) is 0 Å². The van der Waals surface area contributed by atoms with Crippen LogP contribution in [0.3, 0.4) is 0 Å². The van der Waals surface area contributed by atoms with Gasteiger partial charge in [0.1, 0.15) is 11.6 Å². The minimum Gasteiger partial charge on any atom is -0.355 e. The van der Waals surface area contributed by atoms with Crippen LogP contribution in [0.2, 0.25) is 0 Å². The number of anilines is 1. The summed E-state index contributed by atoms with van der Waals surface area (Å²) in [6.45, 7) is 7.83. The quantitative estimate of drug-likeness (QED) is 0.926. The molecule has 0 aliphatic carbocycles. The summed E-state index contributed by atoms with van der Waals surface area (Å²) in [6, 6.07) is 6.67. The molecule has 0 atom stereocenters. The van der Waals surface area contributed by atoms with Gasteiger partial charge in [-0.15, -0.1) is 0 Å². The third kappa shape index (κ3) is 2.95. The number of benzene rings is 1. The van der Waals surface area contributed by atoms with Crippen LogP contribution in [0.5, 0.6) is 0 Å². The van der Waals surface area contributed by atoms with Gasteiger partial charge in [0.05, 0.1) is 5.56 Å². The summed E-state index contributed by atoms with van der Waals surface area (Å²) in [6.07, 6.45) is 1.08. The molecule has 2 heterocycles. The second kappa shape index (κ2) is 6.40. The molecule has 1 N–H and O–H groups in total. The van der Waals surface area contributed by atoms with Crippen molar-refractivity contribution in [2.45, 2.75) is 20.3 Å². The maximum atomic E-state index is 14.0. The maximum Gasteiger partial charge on any atom is 0.164 e. The minimum atomic E-state index is -0.283. The smallest absolute Gasteiger partial charge is 0.164 e. The fourth-order valence-electron chi connectivity index (χ4n) is 2.74. The second-order valence-corrected chi connectivity index (χ2v) is 5.65. The van der Waals surface area contributed by atoms with Gasteiger partial charge in [0.2, 0.25) is 0 Å². The SMILES string of the molecule is Cc1nc(-c2ccccc2F)nc(N2CCCNCC2)c1C. The number of nitrogens with zero attached hydrogens (tertiary/aromatic N) is 3. The zero-order valence-electron chi connectivity index (χ0n) is 13.1. The van der Waals surface area contributed by atoms with Crippen molar-refractivity contribution >= 4 is 5.82 Å². The van der Waals surface area contributed by atoms with Crippen LogP contribution in [0, 0.1) is 19.7 Å². The molecular formula is C17H21FN4. The Morgan fingerprint density at radius 1 is 1.09 bits per heavy atom. The lowest BCUT2D eigenvalue weighted by molar-refractivity contribution is 0.629. The van der Waals surface area contributed by atoms with E-state index in [2.05, 4.69) is 20.2 Å². The van der Waals surface area contributed by atoms with E-state index in [0.29, 0.717) is 11.4 Å². The first-order valence-corrected chi connectivity index (χ1v) is 7.72. The van der Waals surface area contributed by atoms with Gasteiger partial charge in [0.15, 0.2) is 5.82 Å². The molecule has 1 aliphatic rings. The maximum absolute atomic E-state index is 14.0. The van der Waals surface area contributed by atoms with Gasteiger partial charge in [-0.3, -0.25) is 0 Å². The van der Waals surface area contributed by atoms with Gasteiger partial charge < -0.3 is 10.2 Å². The molecule has 0 spiro atoms. The summed E-state index contributed by atoms with van der Waals surface area (Å²) in [7, 11) is 0. The summed E-state index contributed by atoms with van der Waals surface area (Å²) < 4.78 is 14.0. The van der Waals surface area contributed by atoms with Crippen LogP contribution < -0.4 is 10.2 Å². The van der Waals surface area contributed by atoms with Crippen LogP contribution in [0.4, 0.5) is 10.2 Å². The van der Waals surface area contributed by atoms with Crippen molar-refractivity contribution in [3.8, 4) is 11.4 Å². The molecule has 0 radical (unpaired) electrons. The largest absolute Gasteiger partial charge is 0.355 e. The Morgan fingerprint density at radius 3 is 2.73 bits per heavy atom. The number of hydrogen-bond donors (Lipinski definition) is 1. The summed E-state index contributed by atoms with van der Waals surface area (Å²) in [4.78, 5) is 11.4. The van der Waals surface area contributed by atoms with E-state index in [1.807, 2.05) is 19.9 Å². The molecule has 2 aromatic rings. The van der Waals surface area contributed by atoms with Gasteiger partial charge in [0, 0.05) is 30.9 Å². The topological polar surface area (TPSA) is 41.1 Å². The van der Waals surface area contributed by atoms with Crippen molar-refractivity contribution < 1.29 is 4.39 Å². The average Bonchev–Trinajstić information content (AvgIpc) is 2.79. The Bertz CT molecular complexity index is 664. The number of rotatable bonds is 2. The lowest BCUT2D eigenvalue weighted by Gasteiger charge is -2.24. The van der Waals surface area contributed by atoms with Crippen LogP contribution in [0.25, 0.3) is 11.4 Å². The van der Waals surface area contributed by atoms with E-state index >= 15 is 0 Å². The fraction of sp³-hybridized carbons (Fsp3) is 0.412. The molecule has 4 nitrogen and oxygen atoms in total. The molecular weight excluding hydrogens is 279 g/mol. The molecule has 116 valence electrons. The molecule has 1 aliphatic heterocycles. The number of nitrogens with one attached hydrogen (secondary N) is 1. The lowest BCUT2D eigenvalue weighted by atomic mass is 10.1. The van der Waals surface area contributed by atoms with E-state index in [4.69, 9.17) is 0 Å². The molecule has 0 amide bonds. The number of hydrogen-bond acceptors (Lipinski definition) is 4. The van der Waals surface area contributed by atoms with Gasteiger partial charge in [-0.1, -0.05) is 12.1 Å². The highest BCUT2D eigenvalue weighted by atomic mass is 19.1. The molecule has 1 aromatic heterocycles. The predicted molar refractivity (Wildman–Crippen MR) is 86.6 cm³/mol. The van der Waals surface area contributed by atoms with Crippen LogP contribution in [-0.4, -0.2) is 36.1 Å². The van der Waals surface area contributed by atoms with Crippen molar-refractivity contribution in [3.05, 3.63) is 41.3 Å². The molecule has 3 rings (SSSR count). The van der Waals surface area contributed by atoms with Crippen molar-refractivity contribution in [2.75, 3.05) is 31.1 Å². The second-order valence-electron chi connectivity index (χ2n) is 5.65. The lowest BCUT2D eigenvalue weighted by Crippen LogP contribution is -2.29. The van der Waals surface area contributed by atoms with Crippen molar-refractivity contribution in [1.82, 2.24) is 15.3 Å². The van der Waals surface area contributed by atoms with Gasteiger partial charge in [-0.25, -0.2) is 14.4 Å². The molecule has 1 fully saturated rings. The third-order valence-electron chi connectivity index (χ3n) is 4.12. The van der Waals surface area contributed by atoms with E-state index in [9.17, 15) is 4.39 Å². The Morgan fingerprint density at radius 2 is 1.91 bits per heavy atom. The zero-order valence-corrected chi connectivity index (χ0v) is 13.1. The van der Waals surface area contributed by atoms with E-state index in [1.165, 1.54) is 6.07 Å². The highest BCUT2D eigenvalue weighted by Crippen LogP contribution is 2.26. The first-order chi connectivity index (χ1) is 10.7. The van der Waals surface area contributed by atoms with E-state index in [0.717, 1.165) is 49.7 Å². The van der Waals surface area contributed by atoms with Gasteiger partial charge in [-0.2, -0.15) is 0 Å². The van der Waals surface area contributed by atoms with Crippen LogP contribution in [0.15, 0.2) is 24.3 Å². The third-order valence-corrected chi connectivity index (χ3v) is 4.12. The van der Waals surface area contributed by atoms with Crippen molar-refractivity contribution in [2.24, 2.45) is 0 Å². The highest BCUT2D eigenvalue weighted by Gasteiger charge is 2.18. The Kier molecular flexibility index (Phi) is 4.34. The first kappa shape index (κ1) is 14.9. The van der Waals surface area contributed by atoms with Gasteiger partial charge in [0.25, 0.3) is 0 Å². The van der Waals surface area contributed by atoms with E-state index in [-0.39, 0.29) is 5.82 Å². The Hall–Kier alpha value is -2.01. The molecule has 1 aromatic carbocycles. The van der Waals surface area contributed by atoms with Crippen LogP contribution >= 0.6 is 0 Å². The first-order valence-electron chi connectivity index (χ1n) is 7.72. The molecule has 0 saturated carbocycles. The summed E-state index contributed by atoms with van der Waals surface area (Å²) in [5.41, 5.74) is 2.43. The number of aromatic nitrogens is 2. The number of halogens is 1. The highest BCUT2D eigenvalue weighted by molar-refractivity contribution is 5.61. The van der Waals surface area contributed by atoms with Crippen LogP contribution in [-0.2, 0) is 0 Å². The monoisotopic (exact) mass is 300 g/mol. The van der Waals surface area contributed by atoms with Crippen molar-refractivity contribution in [1.29, 1.82) is 0 Å². The summed E-state index contributed by atoms with van der Waals surface area (Å²) in [5.74, 6) is 1.11. The molecule has 5 heteroatoms. The number of aryl methyl sites for hydroxylation is 1. The normalized spacial score (nSPS) is 15.7. The standard InChI is InChI=1S/C17H21FN4/c1-12-13(2)20-16(14-6-3-4-7-15(14)18)21-17(12)22-10-5-8-19-9-11-22/h3-4,6-7,19H,5,8-11H2,1-2H3. The fourth-order valence-corrected chi connectivity index (χ4v) is 2.74. The predicted octanol–water partition coefficient (Wildman–Crippen LogP) is 2.70. The van der Waals surface area contributed by atoms with Gasteiger partial charge >= 0.3 is 0 Å². The van der Waals surface area contributed by atoms with E-state index < -0.39 is 0 Å². The van der Waals surface area contributed by atoms with Gasteiger partial charge in [-0.05, 0) is 38.9 Å². The average molecular weight is 300 g/mol. The molecule has 1 saturated heterocycles. The Balaban J connectivity index is 2.05. The van der Waals surface area contributed by atoms with E-state index in [1.54, 1.807) is 12.1 Å². The summed E-state index contributed by atoms with van der Waals surface area (Å²) >= 11 is 0. The minimum absolute atomic E-state index is 0.283. The van der Waals surface area contributed by atoms with Crippen LogP contribution in [0.1, 0.15) is 17.7 Å².